The van der Waals surface area contributed by atoms with Gasteiger partial charge in [-0.2, -0.15) is 13.1 Å². The van der Waals surface area contributed by atoms with E-state index >= 15 is 0 Å². The molecular formula is C18H17F3N2O5S2. The Bertz CT molecular complexity index is 1180. The molecule has 1 N–H and O–H groups in total. The maximum absolute atomic E-state index is 14.2. The minimum absolute atomic E-state index is 0.233. The van der Waals surface area contributed by atoms with E-state index in [1.54, 1.807) is 0 Å². The molecule has 7 nitrogen and oxygen atoms in total. The number of nitrogens with zero attached hydrogens (tertiary/aromatic N) is 1. The summed E-state index contributed by atoms with van der Waals surface area (Å²) in [5.74, 6) is -5.72. The van der Waals surface area contributed by atoms with Crippen LogP contribution in [-0.4, -0.2) is 45.9 Å². The number of para-hydroxylation sites is 1. The lowest BCUT2D eigenvalue weighted by molar-refractivity contribution is 0.102. The molecule has 1 heterocycles. The third-order valence-electron chi connectivity index (χ3n) is 4.55. The Morgan fingerprint density at radius 2 is 1.60 bits per heavy atom. The number of carbonyl (C=O) groups is 1. The molecule has 0 bridgehead atoms. The number of amides is 1. The summed E-state index contributed by atoms with van der Waals surface area (Å²) in [6.45, 7) is 0.466. The fraction of sp³-hybridized carbons (Fsp3) is 0.278. The molecule has 30 heavy (non-hydrogen) atoms. The van der Waals surface area contributed by atoms with Crippen LogP contribution in [-0.2, 0) is 19.9 Å². The third kappa shape index (κ3) is 4.20. The van der Waals surface area contributed by atoms with Crippen molar-refractivity contribution in [2.24, 2.45) is 0 Å². The minimum atomic E-state index is -5.00. The first-order chi connectivity index (χ1) is 14.0. The molecule has 2 aromatic carbocycles. The average Bonchev–Trinajstić information content (AvgIpc) is 3.24. The van der Waals surface area contributed by atoms with Crippen LogP contribution < -0.4 is 5.32 Å². The van der Waals surface area contributed by atoms with Gasteiger partial charge in [0.25, 0.3) is 5.91 Å². The van der Waals surface area contributed by atoms with Gasteiger partial charge in [-0.25, -0.2) is 21.2 Å². The van der Waals surface area contributed by atoms with Crippen LogP contribution in [0.4, 0.5) is 18.9 Å². The first-order valence-electron chi connectivity index (χ1n) is 8.77. The molecule has 0 saturated carbocycles. The summed E-state index contributed by atoms with van der Waals surface area (Å²) in [6.07, 6.45) is 1.27. The number of benzene rings is 2. The number of halogens is 3. The highest BCUT2D eigenvalue weighted by atomic mass is 32.2. The molecule has 1 amide bonds. The summed E-state index contributed by atoms with van der Waals surface area (Å²) in [4.78, 5) is 11.1. The Morgan fingerprint density at radius 1 is 0.967 bits per heavy atom. The van der Waals surface area contributed by atoms with Gasteiger partial charge < -0.3 is 5.32 Å². The lowest BCUT2D eigenvalue weighted by Gasteiger charge is -2.17. The minimum Gasteiger partial charge on any atom is -0.321 e. The van der Waals surface area contributed by atoms with E-state index in [2.05, 4.69) is 5.32 Å². The zero-order chi connectivity index (χ0) is 22.1. The third-order valence-corrected chi connectivity index (χ3v) is 7.90. The van der Waals surface area contributed by atoms with Gasteiger partial charge in [-0.15, -0.1) is 0 Å². The van der Waals surface area contributed by atoms with Gasteiger partial charge in [-0.3, -0.25) is 4.79 Å². The molecule has 1 aliphatic rings. The van der Waals surface area contributed by atoms with E-state index < -0.39 is 52.8 Å². The standard InChI is InChI=1S/C18H17F3N2O5S2/c19-13-8-7-12(11-16(13)30(27,28)23-9-3-4-10-23)17(24)22-14-5-1-2-6-15(14)29(25,26)18(20)21/h1-2,5-8,11,18H,3-4,9-10H2,(H,22,24). The number of rotatable bonds is 6. The number of hydrogen-bond acceptors (Lipinski definition) is 5. The first-order valence-corrected chi connectivity index (χ1v) is 11.8. The highest BCUT2D eigenvalue weighted by molar-refractivity contribution is 7.91. The van der Waals surface area contributed by atoms with E-state index in [-0.39, 0.29) is 18.7 Å². The van der Waals surface area contributed by atoms with Crippen LogP contribution in [0.25, 0.3) is 0 Å². The van der Waals surface area contributed by atoms with Crippen LogP contribution in [0.5, 0.6) is 0 Å². The summed E-state index contributed by atoms with van der Waals surface area (Å²) in [6, 6.07) is 7.21. The smallest absolute Gasteiger partial charge is 0.321 e. The molecular weight excluding hydrogens is 445 g/mol. The van der Waals surface area contributed by atoms with E-state index in [0.29, 0.717) is 12.8 Å². The Labute approximate surface area is 171 Å². The van der Waals surface area contributed by atoms with Crippen molar-refractivity contribution in [1.82, 2.24) is 4.31 Å². The van der Waals surface area contributed by atoms with Crippen molar-refractivity contribution < 1.29 is 34.8 Å². The molecule has 0 aliphatic carbocycles. The Kier molecular flexibility index (Phi) is 6.20. The Morgan fingerprint density at radius 3 is 2.23 bits per heavy atom. The van der Waals surface area contributed by atoms with Crippen LogP contribution in [0.2, 0.25) is 0 Å². The van der Waals surface area contributed by atoms with Crippen molar-refractivity contribution in [3.8, 4) is 0 Å². The van der Waals surface area contributed by atoms with E-state index in [1.807, 2.05) is 0 Å². The molecule has 3 rings (SSSR count). The summed E-state index contributed by atoms with van der Waals surface area (Å²) in [5, 5.41) is 2.17. The summed E-state index contributed by atoms with van der Waals surface area (Å²) in [7, 11) is -9.15. The lowest BCUT2D eigenvalue weighted by Crippen LogP contribution is -2.29. The number of nitrogens with one attached hydrogen (secondary N) is 1. The fourth-order valence-corrected chi connectivity index (χ4v) is 5.51. The molecule has 0 spiro atoms. The van der Waals surface area contributed by atoms with Gasteiger partial charge >= 0.3 is 5.76 Å². The summed E-state index contributed by atoms with van der Waals surface area (Å²) in [5.41, 5.74) is -0.686. The maximum Gasteiger partial charge on any atom is 0.341 e. The highest BCUT2D eigenvalue weighted by Crippen LogP contribution is 2.28. The summed E-state index contributed by atoms with van der Waals surface area (Å²) >= 11 is 0. The number of sulfonamides is 1. The topological polar surface area (TPSA) is 101 Å². The Balaban J connectivity index is 1.95. The van der Waals surface area contributed by atoms with Crippen LogP contribution in [0.1, 0.15) is 23.2 Å². The van der Waals surface area contributed by atoms with E-state index in [9.17, 15) is 34.8 Å². The van der Waals surface area contributed by atoms with Gasteiger partial charge in [0.15, 0.2) is 0 Å². The van der Waals surface area contributed by atoms with Gasteiger partial charge in [-0.1, -0.05) is 12.1 Å². The van der Waals surface area contributed by atoms with Gasteiger partial charge in [-0.05, 0) is 43.2 Å². The van der Waals surface area contributed by atoms with Gasteiger partial charge in [0.05, 0.1) is 10.6 Å². The van der Waals surface area contributed by atoms with Gasteiger partial charge in [0, 0.05) is 18.7 Å². The molecule has 1 aliphatic heterocycles. The molecule has 1 fully saturated rings. The molecule has 2 aromatic rings. The SMILES string of the molecule is O=C(Nc1ccccc1S(=O)(=O)C(F)F)c1ccc(F)c(S(=O)(=O)N2CCCC2)c1. The second kappa shape index (κ2) is 8.36. The number of alkyl halides is 2. The van der Waals surface area contributed by atoms with Crippen molar-refractivity contribution in [2.75, 3.05) is 18.4 Å². The van der Waals surface area contributed by atoms with Crippen LogP contribution >= 0.6 is 0 Å². The zero-order valence-electron chi connectivity index (χ0n) is 15.4. The van der Waals surface area contributed by atoms with Crippen molar-refractivity contribution in [2.45, 2.75) is 28.4 Å². The van der Waals surface area contributed by atoms with Crippen molar-refractivity contribution >= 4 is 31.5 Å². The molecule has 12 heteroatoms. The van der Waals surface area contributed by atoms with Gasteiger partial charge in [0.1, 0.15) is 10.7 Å². The first kappa shape index (κ1) is 22.2. The predicted molar refractivity (Wildman–Crippen MR) is 102 cm³/mol. The van der Waals surface area contributed by atoms with Crippen LogP contribution in [0, 0.1) is 5.82 Å². The second-order valence-corrected chi connectivity index (χ2v) is 10.3. The maximum atomic E-state index is 14.2. The van der Waals surface area contributed by atoms with Crippen molar-refractivity contribution in [3.63, 3.8) is 0 Å². The highest BCUT2D eigenvalue weighted by Gasteiger charge is 2.32. The normalized spacial score (nSPS) is 15.5. The summed E-state index contributed by atoms with van der Waals surface area (Å²) < 4.78 is 90.0. The molecule has 0 aromatic heterocycles. The fourth-order valence-electron chi connectivity index (χ4n) is 3.02. The lowest BCUT2D eigenvalue weighted by atomic mass is 10.2. The zero-order valence-corrected chi connectivity index (χ0v) is 17.0. The number of sulfone groups is 1. The van der Waals surface area contributed by atoms with Crippen molar-refractivity contribution in [1.29, 1.82) is 0 Å². The second-order valence-electron chi connectivity index (χ2n) is 6.51. The molecule has 1 saturated heterocycles. The predicted octanol–water partition coefficient (Wildman–Crippen LogP) is 2.86. The number of carbonyl (C=O) groups excluding carboxylic acids is 1. The largest absolute Gasteiger partial charge is 0.341 e. The molecule has 0 radical (unpaired) electrons. The van der Waals surface area contributed by atoms with Gasteiger partial charge in [0.2, 0.25) is 19.9 Å². The van der Waals surface area contributed by atoms with E-state index in [0.717, 1.165) is 34.6 Å². The number of hydrogen-bond donors (Lipinski definition) is 1. The van der Waals surface area contributed by atoms with Crippen LogP contribution in [0.15, 0.2) is 52.3 Å². The van der Waals surface area contributed by atoms with E-state index in [1.165, 1.54) is 12.1 Å². The van der Waals surface area contributed by atoms with Crippen molar-refractivity contribution in [3.05, 3.63) is 53.8 Å². The molecule has 0 atom stereocenters. The number of anilines is 1. The van der Waals surface area contributed by atoms with E-state index in [4.69, 9.17) is 0 Å². The molecule has 0 unspecified atom stereocenters. The molecule has 162 valence electrons. The average molecular weight is 462 g/mol. The monoisotopic (exact) mass is 462 g/mol. The Hall–Kier alpha value is -2.44. The quantitative estimate of drug-likeness (QED) is 0.712. The van der Waals surface area contributed by atoms with Crippen LogP contribution in [0.3, 0.4) is 0 Å².